The van der Waals surface area contributed by atoms with Crippen LogP contribution >= 0.6 is 11.5 Å². The second-order valence-corrected chi connectivity index (χ2v) is 4.03. The molecule has 0 radical (unpaired) electrons. The SMILES string of the molecule is COC(C)(C)CNc1nc(N)ns1. The predicted molar refractivity (Wildman–Crippen MR) is 53.9 cm³/mol. The van der Waals surface area contributed by atoms with E-state index >= 15 is 0 Å². The highest BCUT2D eigenvalue weighted by molar-refractivity contribution is 7.09. The first kappa shape index (κ1) is 10.2. The van der Waals surface area contributed by atoms with Gasteiger partial charge in [0.05, 0.1) is 5.60 Å². The van der Waals surface area contributed by atoms with Gasteiger partial charge in [0, 0.05) is 25.2 Å². The summed E-state index contributed by atoms with van der Waals surface area (Å²) < 4.78 is 9.08. The zero-order valence-electron chi connectivity index (χ0n) is 8.00. The van der Waals surface area contributed by atoms with Crippen molar-refractivity contribution in [3.8, 4) is 0 Å². The monoisotopic (exact) mass is 202 g/mol. The first-order chi connectivity index (χ1) is 6.03. The fourth-order valence-corrected chi connectivity index (χ4v) is 1.16. The van der Waals surface area contributed by atoms with E-state index in [1.807, 2.05) is 13.8 Å². The summed E-state index contributed by atoms with van der Waals surface area (Å²) in [7, 11) is 1.68. The first-order valence-electron chi connectivity index (χ1n) is 3.92. The van der Waals surface area contributed by atoms with Crippen molar-refractivity contribution in [2.45, 2.75) is 19.4 Å². The van der Waals surface area contributed by atoms with Gasteiger partial charge >= 0.3 is 0 Å². The maximum Gasteiger partial charge on any atom is 0.233 e. The molecule has 0 aliphatic carbocycles. The molecule has 0 fully saturated rings. The highest BCUT2D eigenvalue weighted by Crippen LogP contribution is 2.14. The highest BCUT2D eigenvalue weighted by atomic mass is 32.1. The van der Waals surface area contributed by atoms with Gasteiger partial charge in [0.15, 0.2) is 0 Å². The predicted octanol–water partition coefficient (Wildman–Crippen LogP) is 0.957. The number of rotatable bonds is 4. The van der Waals surface area contributed by atoms with Crippen molar-refractivity contribution in [1.29, 1.82) is 0 Å². The van der Waals surface area contributed by atoms with Crippen LogP contribution in [0, 0.1) is 0 Å². The Labute approximate surface area is 81.5 Å². The Bertz CT molecular complexity index is 273. The number of hydrogen-bond donors (Lipinski definition) is 2. The minimum Gasteiger partial charge on any atom is -0.377 e. The van der Waals surface area contributed by atoms with Gasteiger partial charge in [-0.25, -0.2) is 0 Å². The summed E-state index contributed by atoms with van der Waals surface area (Å²) in [6.45, 7) is 4.66. The van der Waals surface area contributed by atoms with Crippen LogP contribution in [0.2, 0.25) is 0 Å². The molecule has 0 saturated heterocycles. The average Bonchev–Trinajstić information content (AvgIpc) is 2.48. The van der Waals surface area contributed by atoms with Gasteiger partial charge in [-0.15, -0.1) is 0 Å². The molecule has 0 aliphatic heterocycles. The molecule has 1 aromatic rings. The third-order valence-corrected chi connectivity index (χ3v) is 2.35. The van der Waals surface area contributed by atoms with Crippen molar-refractivity contribution in [3.05, 3.63) is 0 Å². The highest BCUT2D eigenvalue weighted by Gasteiger charge is 2.16. The Morgan fingerprint density at radius 2 is 2.31 bits per heavy atom. The lowest BCUT2D eigenvalue weighted by atomic mass is 10.1. The van der Waals surface area contributed by atoms with Crippen molar-refractivity contribution in [2.75, 3.05) is 24.7 Å². The van der Waals surface area contributed by atoms with Gasteiger partial charge in [0.25, 0.3) is 0 Å². The van der Waals surface area contributed by atoms with E-state index in [4.69, 9.17) is 10.5 Å². The van der Waals surface area contributed by atoms with Gasteiger partial charge in [0.2, 0.25) is 11.1 Å². The zero-order chi connectivity index (χ0) is 9.90. The molecule has 0 aliphatic rings. The molecule has 74 valence electrons. The topological polar surface area (TPSA) is 73.1 Å². The maximum absolute atomic E-state index is 5.37. The quantitative estimate of drug-likeness (QED) is 0.760. The van der Waals surface area contributed by atoms with E-state index < -0.39 is 0 Å². The normalized spacial score (nSPS) is 11.6. The van der Waals surface area contributed by atoms with Crippen LogP contribution in [0.3, 0.4) is 0 Å². The number of ether oxygens (including phenoxy) is 1. The molecular formula is C7H14N4OS. The third kappa shape index (κ3) is 3.16. The number of anilines is 2. The van der Waals surface area contributed by atoms with Crippen LogP contribution in [0.25, 0.3) is 0 Å². The molecule has 0 unspecified atom stereocenters. The lowest BCUT2D eigenvalue weighted by molar-refractivity contribution is 0.0344. The molecule has 6 heteroatoms. The van der Waals surface area contributed by atoms with Crippen LogP contribution < -0.4 is 11.1 Å². The molecule has 1 aromatic heterocycles. The largest absolute Gasteiger partial charge is 0.377 e. The molecule has 5 nitrogen and oxygen atoms in total. The van der Waals surface area contributed by atoms with Crippen LogP contribution in [0.5, 0.6) is 0 Å². The molecule has 1 heterocycles. The molecule has 0 spiro atoms. The van der Waals surface area contributed by atoms with Gasteiger partial charge < -0.3 is 15.8 Å². The Morgan fingerprint density at radius 3 is 2.77 bits per heavy atom. The molecular weight excluding hydrogens is 188 g/mol. The number of nitrogens with two attached hydrogens (primary N) is 1. The zero-order valence-corrected chi connectivity index (χ0v) is 8.81. The number of hydrogen-bond acceptors (Lipinski definition) is 6. The smallest absolute Gasteiger partial charge is 0.233 e. The average molecular weight is 202 g/mol. The summed E-state index contributed by atoms with van der Waals surface area (Å²) in [6, 6.07) is 0. The van der Waals surface area contributed by atoms with Crippen molar-refractivity contribution < 1.29 is 4.74 Å². The molecule has 3 N–H and O–H groups in total. The van der Waals surface area contributed by atoms with E-state index in [1.54, 1.807) is 7.11 Å². The van der Waals surface area contributed by atoms with Crippen molar-refractivity contribution in [2.24, 2.45) is 0 Å². The fourth-order valence-electron chi connectivity index (χ4n) is 0.667. The van der Waals surface area contributed by atoms with E-state index in [0.29, 0.717) is 12.5 Å². The fraction of sp³-hybridized carbons (Fsp3) is 0.714. The Hall–Kier alpha value is -0.880. The van der Waals surface area contributed by atoms with Crippen LogP contribution in [0.1, 0.15) is 13.8 Å². The summed E-state index contributed by atoms with van der Waals surface area (Å²) in [5, 5.41) is 3.82. The van der Waals surface area contributed by atoms with Crippen LogP contribution in [0.4, 0.5) is 11.1 Å². The van der Waals surface area contributed by atoms with E-state index in [1.165, 1.54) is 11.5 Å². The summed E-state index contributed by atoms with van der Waals surface area (Å²) >= 11 is 1.25. The Balaban J connectivity index is 2.43. The van der Waals surface area contributed by atoms with Gasteiger partial charge in [-0.05, 0) is 13.8 Å². The van der Waals surface area contributed by atoms with Gasteiger partial charge in [-0.1, -0.05) is 0 Å². The van der Waals surface area contributed by atoms with Crippen molar-refractivity contribution in [3.63, 3.8) is 0 Å². The number of nitrogen functional groups attached to an aromatic ring is 1. The van der Waals surface area contributed by atoms with E-state index in [-0.39, 0.29) is 5.60 Å². The maximum atomic E-state index is 5.37. The molecule has 0 saturated carbocycles. The van der Waals surface area contributed by atoms with Crippen molar-refractivity contribution >= 4 is 22.6 Å². The number of methoxy groups -OCH3 is 1. The minimum absolute atomic E-state index is 0.208. The van der Waals surface area contributed by atoms with Crippen LogP contribution in [0.15, 0.2) is 0 Å². The van der Waals surface area contributed by atoms with E-state index in [9.17, 15) is 0 Å². The second kappa shape index (κ2) is 3.89. The van der Waals surface area contributed by atoms with Gasteiger partial charge in [0.1, 0.15) is 0 Å². The van der Waals surface area contributed by atoms with Crippen molar-refractivity contribution in [1.82, 2.24) is 9.36 Å². The first-order valence-corrected chi connectivity index (χ1v) is 4.69. The molecule has 1 rings (SSSR count). The van der Waals surface area contributed by atoms with Gasteiger partial charge in [-0.2, -0.15) is 9.36 Å². The number of aromatic nitrogens is 2. The Morgan fingerprint density at radius 1 is 1.62 bits per heavy atom. The third-order valence-electron chi connectivity index (χ3n) is 1.66. The second-order valence-electron chi connectivity index (χ2n) is 3.28. The summed E-state index contributed by atoms with van der Waals surface area (Å²) in [4.78, 5) is 3.97. The summed E-state index contributed by atoms with van der Waals surface area (Å²) in [5.41, 5.74) is 5.16. The molecule has 0 amide bonds. The summed E-state index contributed by atoms with van der Waals surface area (Å²) in [6.07, 6.45) is 0. The minimum atomic E-state index is -0.208. The Kier molecular flexibility index (Phi) is 3.05. The lowest BCUT2D eigenvalue weighted by Gasteiger charge is -2.22. The van der Waals surface area contributed by atoms with E-state index in [0.717, 1.165) is 5.13 Å². The standard InChI is InChI=1S/C7H14N4OS/c1-7(2,12-3)4-9-6-10-5(8)11-13-6/h4H2,1-3H3,(H3,8,9,10,11). The van der Waals surface area contributed by atoms with Crippen LogP contribution in [-0.4, -0.2) is 28.6 Å². The van der Waals surface area contributed by atoms with E-state index in [2.05, 4.69) is 14.7 Å². The van der Waals surface area contributed by atoms with Crippen LogP contribution in [-0.2, 0) is 4.74 Å². The number of nitrogens with one attached hydrogen (secondary N) is 1. The molecule has 13 heavy (non-hydrogen) atoms. The molecule has 0 atom stereocenters. The molecule has 0 bridgehead atoms. The molecule has 0 aromatic carbocycles. The summed E-state index contributed by atoms with van der Waals surface area (Å²) in [5.74, 6) is 0.308. The van der Waals surface area contributed by atoms with Gasteiger partial charge in [-0.3, -0.25) is 0 Å². The lowest BCUT2D eigenvalue weighted by Crippen LogP contribution is -2.31. The number of nitrogens with zero attached hydrogens (tertiary/aromatic N) is 2.